The highest BCUT2D eigenvalue weighted by molar-refractivity contribution is 5.69. The number of unbranched alkanes of at least 4 members (excludes halogenated alkanes) is 13. The van der Waals surface area contributed by atoms with Crippen LogP contribution in [-0.2, 0) is 14.3 Å². The van der Waals surface area contributed by atoms with Gasteiger partial charge in [0.25, 0.3) is 5.56 Å². The molecule has 1 aliphatic rings. The molecule has 0 saturated carbocycles. The summed E-state index contributed by atoms with van der Waals surface area (Å²) < 4.78 is 11.9. The molecular formula is C30H50N2O7. The number of ether oxygens (including phenoxy) is 2. The average Bonchev–Trinajstić information content (AvgIpc) is 3.19. The van der Waals surface area contributed by atoms with Gasteiger partial charge in [-0.3, -0.25) is 19.1 Å². The molecule has 1 aliphatic heterocycles. The number of nitrogens with one attached hydrogen (secondary N) is 1. The Bertz CT molecular complexity index is 971. The number of rotatable bonds is 20. The van der Waals surface area contributed by atoms with Gasteiger partial charge in [-0.1, -0.05) is 83.3 Å². The van der Waals surface area contributed by atoms with Gasteiger partial charge in [0.15, 0.2) is 6.23 Å². The number of aryl methyl sites for hydroxylation is 1. The summed E-state index contributed by atoms with van der Waals surface area (Å²) in [5, 5.41) is 20.6. The van der Waals surface area contributed by atoms with E-state index in [4.69, 9.17) is 9.47 Å². The first-order valence-electron chi connectivity index (χ1n) is 15.0. The number of allylic oxidation sites excluding steroid dienone is 2. The fourth-order valence-corrected chi connectivity index (χ4v) is 4.81. The zero-order valence-corrected chi connectivity index (χ0v) is 23.9. The van der Waals surface area contributed by atoms with Crippen molar-refractivity contribution in [1.29, 1.82) is 0 Å². The van der Waals surface area contributed by atoms with Crippen LogP contribution in [0.25, 0.3) is 0 Å². The van der Waals surface area contributed by atoms with Crippen LogP contribution < -0.4 is 11.2 Å². The molecule has 1 saturated heterocycles. The maximum atomic E-state index is 12.1. The third-order valence-corrected chi connectivity index (χ3v) is 7.31. The van der Waals surface area contributed by atoms with Gasteiger partial charge in [0.1, 0.15) is 24.9 Å². The maximum absolute atomic E-state index is 12.1. The molecule has 1 aromatic heterocycles. The molecule has 1 aromatic rings. The van der Waals surface area contributed by atoms with Gasteiger partial charge in [-0.15, -0.1) is 0 Å². The second-order valence-electron chi connectivity index (χ2n) is 10.7. The van der Waals surface area contributed by atoms with E-state index in [0.29, 0.717) is 0 Å². The molecule has 2 rings (SSSR count). The number of aliphatic hydroxyl groups is 2. The number of hydrogen-bond donors (Lipinski definition) is 3. The van der Waals surface area contributed by atoms with Crippen molar-refractivity contribution in [3.8, 4) is 0 Å². The molecule has 9 heteroatoms. The van der Waals surface area contributed by atoms with Gasteiger partial charge in [-0.25, -0.2) is 4.79 Å². The van der Waals surface area contributed by atoms with Crippen molar-refractivity contribution in [2.45, 2.75) is 141 Å². The molecule has 4 atom stereocenters. The van der Waals surface area contributed by atoms with Crippen molar-refractivity contribution >= 4 is 5.97 Å². The molecule has 222 valence electrons. The predicted molar refractivity (Wildman–Crippen MR) is 152 cm³/mol. The van der Waals surface area contributed by atoms with Gasteiger partial charge >= 0.3 is 11.7 Å². The summed E-state index contributed by atoms with van der Waals surface area (Å²) >= 11 is 0. The van der Waals surface area contributed by atoms with Gasteiger partial charge < -0.3 is 19.7 Å². The highest BCUT2D eigenvalue weighted by Gasteiger charge is 2.44. The standard InChI is InChI=1S/C30H50N2O7/c1-3-4-5-6-7-8-9-10-11-12-13-14-15-16-17-18-19-20-25(33)38-22-24-26(34)27(35)29(39-24)32-21-23(2)28(36)31-30(32)37/h10-11,21,24,26-27,29,34-35H,3-9,12-20,22H2,1-2H3,(H,31,36,37)/t24-,26-,27+,29-/m1/s1. The van der Waals surface area contributed by atoms with Crippen molar-refractivity contribution in [1.82, 2.24) is 9.55 Å². The lowest BCUT2D eigenvalue weighted by molar-refractivity contribution is -0.150. The van der Waals surface area contributed by atoms with Crippen LogP contribution in [0.5, 0.6) is 0 Å². The molecule has 0 amide bonds. The Morgan fingerprint density at radius 3 is 2.10 bits per heavy atom. The van der Waals surface area contributed by atoms with E-state index in [0.717, 1.165) is 23.8 Å². The molecule has 0 radical (unpaired) electrons. The highest BCUT2D eigenvalue weighted by Crippen LogP contribution is 2.28. The molecule has 39 heavy (non-hydrogen) atoms. The molecule has 0 spiro atoms. The van der Waals surface area contributed by atoms with Crippen molar-refractivity contribution in [3.05, 3.63) is 44.8 Å². The lowest BCUT2D eigenvalue weighted by Gasteiger charge is -2.17. The Hall–Kier alpha value is -2.23. The van der Waals surface area contributed by atoms with Crippen LogP contribution in [0.4, 0.5) is 0 Å². The van der Waals surface area contributed by atoms with E-state index in [-0.39, 0.29) is 24.6 Å². The number of esters is 1. The Labute approximate surface area is 232 Å². The van der Waals surface area contributed by atoms with Crippen LogP contribution >= 0.6 is 0 Å². The van der Waals surface area contributed by atoms with E-state index in [2.05, 4.69) is 24.1 Å². The number of nitrogens with zero attached hydrogens (tertiary/aromatic N) is 1. The van der Waals surface area contributed by atoms with Gasteiger partial charge in [0.05, 0.1) is 0 Å². The summed E-state index contributed by atoms with van der Waals surface area (Å²) in [5.74, 6) is -0.381. The van der Waals surface area contributed by atoms with Crippen LogP contribution in [0, 0.1) is 6.92 Å². The number of aromatic nitrogens is 2. The molecule has 0 unspecified atom stereocenters. The first kappa shape index (κ1) is 33.0. The van der Waals surface area contributed by atoms with E-state index in [1.165, 1.54) is 90.2 Å². The topological polar surface area (TPSA) is 131 Å². The van der Waals surface area contributed by atoms with Gasteiger partial charge in [0.2, 0.25) is 0 Å². The molecule has 0 aromatic carbocycles. The molecule has 9 nitrogen and oxygen atoms in total. The molecule has 1 fully saturated rings. The number of aromatic amines is 1. The van der Waals surface area contributed by atoms with E-state index in [1.807, 2.05) is 0 Å². The Morgan fingerprint density at radius 2 is 1.49 bits per heavy atom. The van der Waals surface area contributed by atoms with Crippen LogP contribution in [0.3, 0.4) is 0 Å². The monoisotopic (exact) mass is 550 g/mol. The Balaban J connectivity index is 1.48. The van der Waals surface area contributed by atoms with E-state index < -0.39 is 35.8 Å². The summed E-state index contributed by atoms with van der Waals surface area (Å²) in [6.07, 6.45) is 19.5. The fourth-order valence-electron chi connectivity index (χ4n) is 4.81. The van der Waals surface area contributed by atoms with Crippen molar-refractivity contribution in [2.24, 2.45) is 0 Å². The number of aliphatic hydroxyl groups excluding tert-OH is 2. The predicted octanol–water partition coefficient (Wildman–Crippen LogP) is 4.83. The molecule has 0 aliphatic carbocycles. The molecule has 0 bridgehead atoms. The minimum absolute atomic E-state index is 0.224. The second-order valence-corrected chi connectivity index (χ2v) is 10.7. The summed E-state index contributed by atoms with van der Waals surface area (Å²) in [4.78, 5) is 37.9. The smallest absolute Gasteiger partial charge is 0.330 e. The minimum Gasteiger partial charge on any atom is -0.463 e. The Kier molecular flexibility index (Phi) is 16.0. The lowest BCUT2D eigenvalue weighted by Crippen LogP contribution is -2.38. The van der Waals surface area contributed by atoms with E-state index in [9.17, 15) is 24.6 Å². The fraction of sp³-hybridized carbons (Fsp3) is 0.767. The summed E-state index contributed by atoms with van der Waals surface area (Å²) in [6.45, 7) is 3.54. The van der Waals surface area contributed by atoms with E-state index >= 15 is 0 Å². The van der Waals surface area contributed by atoms with Crippen LogP contribution in [0.1, 0.15) is 121 Å². The molecule has 3 N–H and O–H groups in total. The van der Waals surface area contributed by atoms with Crippen molar-refractivity contribution < 1.29 is 24.5 Å². The van der Waals surface area contributed by atoms with Crippen LogP contribution in [0.15, 0.2) is 27.9 Å². The zero-order valence-electron chi connectivity index (χ0n) is 23.9. The van der Waals surface area contributed by atoms with Crippen LogP contribution in [0.2, 0.25) is 0 Å². The summed E-state index contributed by atoms with van der Waals surface area (Å²) in [5.41, 5.74) is -1.02. The second kappa shape index (κ2) is 19.0. The summed E-state index contributed by atoms with van der Waals surface area (Å²) in [6, 6.07) is 0. The summed E-state index contributed by atoms with van der Waals surface area (Å²) in [7, 11) is 0. The largest absolute Gasteiger partial charge is 0.463 e. The lowest BCUT2D eigenvalue weighted by atomic mass is 10.1. The first-order chi connectivity index (χ1) is 18.8. The number of H-pyrrole nitrogens is 1. The SMILES string of the molecule is CCCCCCCCC=CCCCCCCCCCC(=O)OC[C@H]1O[C@@H](n2cc(C)c(=O)[nH]c2=O)[C@@H](O)[C@@H]1O. The number of carbonyl (C=O) groups is 1. The van der Waals surface area contributed by atoms with Gasteiger partial charge in [0, 0.05) is 18.2 Å². The van der Waals surface area contributed by atoms with Crippen LogP contribution in [-0.4, -0.2) is 50.7 Å². The van der Waals surface area contributed by atoms with Crippen molar-refractivity contribution in [3.63, 3.8) is 0 Å². The average molecular weight is 551 g/mol. The van der Waals surface area contributed by atoms with Gasteiger partial charge in [-0.2, -0.15) is 0 Å². The van der Waals surface area contributed by atoms with E-state index in [1.54, 1.807) is 0 Å². The zero-order chi connectivity index (χ0) is 28.5. The normalized spacial score (nSPS) is 21.1. The Morgan fingerprint density at radius 1 is 0.923 bits per heavy atom. The first-order valence-corrected chi connectivity index (χ1v) is 15.0. The van der Waals surface area contributed by atoms with Crippen molar-refractivity contribution in [2.75, 3.05) is 6.61 Å². The quantitative estimate of drug-likeness (QED) is 0.120. The maximum Gasteiger partial charge on any atom is 0.330 e. The number of carbonyl (C=O) groups excluding carboxylic acids is 1. The third-order valence-electron chi connectivity index (χ3n) is 7.31. The molecule has 2 heterocycles. The number of hydrogen-bond acceptors (Lipinski definition) is 7. The minimum atomic E-state index is -1.40. The highest BCUT2D eigenvalue weighted by atomic mass is 16.6. The van der Waals surface area contributed by atoms with Gasteiger partial charge in [-0.05, 0) is 39.0 Å². The third kappa shape index (κ3) is 12.2. The molecular weight excluding hydrogens is 500 g/mol.